The molecule has 0 spiro atoms. The van der Waals surface area contributed by atoms with Gasteiger partial charge in [0.05, 0.1) is 18.9 Å². The van der Waals surface area contributed by atoms with Crippen LogP contribution in [0.15, 0.2) is 72.8 Å². The van der Waals surface area contributed by atoms with Crippen molar-refractivity contribution in [2.24, 2.45) is 0 Å². The Labute approximate surface area is 202 Å². The number of hydrogen-bond acceptors (Lipinski definition) is 3. The lowest BCUT2D eigenvalue weighted by Gasteiger charge is -2.30. The van der Waals surface area contributed by atoms with Crippen molar-refractivity contribution < 1.29 is 18.3 Å². The average molecular weight is 476 g/mol. The van der Waals surface area contributed by atoms with E-state index in [0.29, 0.717) is 32.8 Å². The Kier molecular flexibility index (Phi) is 6.88. The molecule has 0 radical (unpaired) electrons. The van der Waals surface area contributed by atoms with Gasteiger partial charge in [-0.05, 0) is 45.3 Å². The van der Waals surface area contributed by atoms with Crippen LogP contribution >= 0.6 is 0 Å². The predicted molar refractivity (Wildman–Crippen MR) is 134 cm³/mol. The fourth-order valence-corrected chi connectivity index (χ4v) is 4.59. The number of rotatable bonds is 6. The van der Waals surface area contributed by atoms with E-state index in [-0.39, 0.29) is 5.69 Å². The molecule has 1 aliphatic heterocycles. The first-order valence-electron chi connectivity index (χ1n) is 11.8. The molecule has 1 aliphatic rings. The van der Waals surface area contributed by atoms with Crippen molar-refractivity contribution in [3.05, 3.63) is 90.0 Å². The first kappa shape index (κ1) is 23.2. The van der Waals surface area contributed by atoms with Crippen LogP contribution < -0.4 is 5.32 Å². The van der Waals surface area contributed by atoms with Crippen LogP contribution in [0.3, 0.4) is 0 Å². The van der Waals surface area contributed by atoms with Crippen LogP contribution in [-0.4, -0.2) is 55.2 Å². The quantitative estimate of drug-likeness (QED) is 0.367. The Morgan fingerprint density at radius 3 is 2.23 bits per heavy atom. The lowest BCUT2D eigenvalue weighted by molar-refractivity contribution is 0.0349. The fraction of sp³-hybridized carbons (Fsp3) is 0.250. The summed E-state index contributed by atoms with van der Waals surface area (Å²) in [6.07, 6.45) is 0. The van der Waals surface area contributed by atoms with Gasteiger partial charge < -0.3 is 15.0 Å². The molecule has 1 N–H and O–H groups in total. The summed E-state index contributed by atoms with van der Waals surface area (Å²) in [5, 5.41) is 6.98. The van der Waals surface area contributed by atoms with E-state index in [1.54, 1.807) is 4.90 Å². The number of halogens is 2. The molecule has 0 atom stereocenters. The maximum atomic E-state index is 14.3. The summed E-state index contributed by atoms with van der Waals surface area (Å²) in [6, 6.07) is 21.1. The van der Waals surface area contributed by atoms with Gasteiger partial charge in [0.25, 0.3) is 0 Å². The van der Waals surface area contributed by atoms with Crippen LogP contribution in [0.25, 0.3) is 21.5 Å². The van der Waals surface area contributed by atoms with Crippen molar-refractivity contribution in [3.8, 4) is 0 Å². The number of urea groups is 1. The normalized spacial score (nSPS) is 14.3. The van der Waals surface area contributed by atoms with Crippen LogP contribution in [0.2, 0.25) is 0 Å². The van der Waals surface area contributed by atoms with E-state index in [2.05, 4.69) is 40.5 Å². The molecular weight excluding hydrogens is 448 g/mol. The van der Waals surface area contributed by atoms with Crippen LogP contribution in [0.1, 0.15) is 5.56 Å². The predicted octanol–water partition coefficient (Wildman–Crippen LogP) is 5.64. The number of carbonyl (C=O) groups is 1. The van der Waals surface area contributed by atoms with E-state index in [0.717, 1.165) is 52.3 Å². The maximum absolute atomic E-state index is 14.3. The molecule has 0 unspecified atom stereocenters. The number of nitrogens with one attached hydrogen (secondary N) is 1. The standard InChI is InChI=1S/C28H27F2N3O2/c29-22-9-10-27(26(30)18-22)31-28(34)33(12-11-32-13-15-35-16-14-32)19-25-23-7-3-1-5-20(23)17-21-6-2-4-8-24(21)25/h1-10,17-18H,11-16,19H2,(H,31,34). The second-order valence-corrected chi connectivity index (χ2v) is 8.73. The summed E-state index contributed by atoms with van der Waals surface area (Å²) in [6.45, 7) is 4.42. The van der Waals surface area contributed by atoms with Crippen molar-refractivity contribution in [1.82, 2.24) is 9.80 Å². The molecule has 35 heavy (non-hydrogen) atoms. The number of carbonyl (C=O) groups excluding carboxylic acids is 1. The molecule has 1 saturated heterocycles. The SMILES string of the molecule is O=C(Nc1ccc(F)cc1F)N(CCN1CCOCC1)Cc1c2ccccc2cc2ccccc12. The monoisotopic (exact) mass is 475 g/mol. The third-order valence-electron chi connectivity index (χ3n) is 6.48. The maximum Gasteiger partial charge on any atom is 0.322 e. The smallest absolute Gasteiger partial charge is 0.322 e. The van der Waals surface area contributed by atoms with Gasteiger partial charge in [0.15, 0.2) is 0 Å². The summed E-state index contributed by atoms with van der Waals surface area (Å²) in [4.78, 5) is 17.4. The van der Waals surface area contributed by atoms with Crippen LogP contribution in [0.5, 0.6) is 0 Å². The largest absolute Gasteiger partial charge is 0.379 e. The van der Waals surface area contributed by atoms with Gasteiger partial charge in [0, 0.05) is 38.8 Å². The molecule has 0 saturated carbocycles. The highest BCUT2D eigenvalue weighted by Crippen LogP contribution is 2.30. The Morgan fingerprint density at radius 2 is 1.57 bits per heavy atom. The number of anilines is 1. The second-order valence-electron chi connectivity index (χ2n) is 8.73. The number of nitrogens with zero attached hydrogens (tertiary/aromatic N) is 2. The van der Waals surface area contributed by atoms with Crippen LogP contribution in [-0.2, 0) is 11.3 Å². The fourth-order valence-electron chi connectivity index (χ4n) is 4.59. The highest BCUT2D eigenvalue weighted by atomic mass is 19.1. The van der Waals surface area contributed by atoms with Crippen molar-refractivity contribution in [1.29, 1.82) is 0 Å². The molecule has 4 aromatic rings. The zero-order valence-electron chi connectivity index (χ0n) is 19.3. The summed E-state index contributed by atoms with van der Waals surface area (Å²) in [5.41, 5.74) is 0.992. The second kappa shape index (κ2) is 10.4. The van der Waals surface area contributed by atoms with E-state index in [1.807, 2.05) is 24.3 Å². The molecule has 0 aromatic heterocycles. The van der Waals surface area contributed by atoms with Gasteiger partial charge in [-0.3, -0.25) is 4.90 Å². The Hall–Kier alpha value is -3.55. The van der Waals surface area contributed by atoms with Crippen molar-refractivity contribution in [2.45, 2.75) is 6.54 Å². The van der Waals surface area contributed by atoms with E-state index < -0.39 is 17.7 Å². The summed E-state index contributed by atoms with van der Waals surface area (Å²) in [5.74, 6) is -1.49. The van der Waals surface area contributed by atoms with Gasteiger partial charge in [0.2, 0.25) is 0 Å². The molecule has 0 bridgehead atoms. The van der Waals surface area contributed by atoms with E-state index in [9.17, 15) is 13.6 Å². The molecule has 2 amide bonds. The number of morpholine rings is 1. The zero-order valence-corrected chi connectivity index (χ0v) is 19.3. The Bertz CT molecular complexity index is 1300. The molecule has 1 fully saturated rings. The Balaban J connectivity index is 1.48. The molecular formula is C28H27F2N3O2. The first-order valence-corrected chi connectivity index (χ1v) is 11.8. The zero-order chi connectivity index (χ0) is 24.2. The number of ether oxygens (including phenoxy) is 1. The highest BCUT2D eigenvalue weighted by Gasteiger charge is 2.20. The summed E-state index contributed by atoms with van der Waals surface area (Å²) in [7, 11) is 0. The third-order valence-corrected chi connectivity index (χ3v) is 6.48. The average Bonchev–Trinajstić information content (AvgIpc) is 2.88. The lowest BCUT2D eigenvalue weighted by Crippen LogP contribution is -2.44. The molecule has 7 heteroatoms. The van der Waals surface area contributed by atoms with Crippen molar-refractivity contribution in [3.63, 3.8) is 0 Å². The first-order chi connectivity index (χ1) is 17.1. The van der Waals surface area contributed by atoms with Crippen LogP contribution in [0, 0.1) is 11.6 Å². The molecule has 5 rings (SSSR count). The van der Waals surface area contributed by atoms with Gasteiger partial charge in [-0.2, -0.15) is 0 Å². The Morgan fingerprint density at radius 1 is 0.914 bits per heavy atom. The number of fused-ring (bicyclic) bond motifs is 2. The van der Waals surface area contributed by atoms with Crippen LogP contribution in [0.4, 0.5) is 19.3 Å². The van der Waals surface area contributed by atoms with Gasteiger partial charge >= 0.3 is 6.03 Å². The molecule has 0 aliphatic carbocycles. The van der Waals surface area contributed by atoms with E-state index >= 15 is 0 Å². The topological polar surface area (TPSA) is 44.8 Å². The summed E-state index contributed by atoms with van der Waals surface area (Å²) < 4.78 is 33.1. The minimum absolute atomic E-state index is 0.0458. The molecule has 180 valence electrons. The number of benzene rings is 4. The summed E-state index contributed by atoms with van der Waals surface area (Å²) >= 11 is 0. The number of amides is 2. The molecule has 5 nitrogen and oxygen atoms in total. The molecule has 1 heterocycles. The van der Waals surface area contributed by atoms with Gasteiger partial charge in [-0.1, -0.05) is 48.5 Å². The van der Waals surface area contributed by atoms with Crippen molar-refractivity contribution >= 4 is 33.3 Å². The van der Waals surface area contributed by atoms with Gasteiger partial charge in [-0.15, -0.1) is 0 Å². The number of hydrogen-bond donors (Lipinski definition) is 1. The third kappa shape index (κ3) is 5.26. The lowest BCUT2D eigenvalue weighted by atomic mass is 9.96. The van der Waals surface area contributed by atoms with Crippen molar-refractivity contribution in [2.75, 3.05) is 44.7 Å². The van der Waals surface area contributed by atoms with E-state index in [1.165, 1.54) is 6.07 Å². The van der Waals surface area contributed by atoms with Gasteiger partial charge in [0.1, 0.15) is 11.6 Å². The minimum atomic E-state index is -0.804. The minimum Gasteiger partial charge on any atom is -0.379 e. The van der Waals surface area contributed by atoms with E-state index in [4.69, 9.17) is 4.74 Å². The van der Waals surface area contributed by atoms with Gasteiger partial charge in [-0.25, -0.2) is 13.6 Å². The molecule has 4 aromatic carbocycles. The highest BCUT2D eigenvalue weighted by molar-refractivity contribution is 6.02.